The molecule has 4 aromatic heterocycles. The van der Waals surface area contributed by atoms with Crippen LogP contribution in [0.15, 0.2) is 65.2 Å². The zero-order valence-corrected chi connectivity index (χ0v) is 18.5. The number of amides is 1. The maximum Gasteiger partial charge on any atom is 0.248 e. The van der Waals surface area contributed by atoms with Crippen LogP contribution in [-0.4, -0.2) is 60.0 Å². The lowest BCUT2D eigenvalue weighted by Gasteiger charge is -2.31. The summed E-state index contributed by atoms with van der Waals surface area (Å²) in [5.74, 6) is -0.225. The lowest BCUT2D eigenvalue weighted by molar-refractivity contribution is -0.135. The van der Waals surface area contributed by atoms with Crippen molar-refractivity contribution in [1.82, 2.24) is 29.3 Å². The van der Waals surface area contributed by atoms with Gasteiger partial charge in [0.25, 0.3) is 0 Å². The highest BCUT2D eigenvalue weighted by Crippen LogP contribution is 2.35. The molecule has 1 aliphatic heterocycles. The molecule has 0 aliphatic carbocycles. The van der Waals surface area contributed by atoms with Crippen LogP contribution in [0.5, 0.6) is 0 Å². The van der Waals surface area contributed by atoms with E-state index in [1.54, 1.807) is 21.8 Å². The molecule has 0 atom stereocenters. The molecule has 33 heavy (non-hydrogen) atoms. The van der Waals surface area contributed by atoms with Crippen molar-refractivity contribution >= 4 is 23.2 Å². The monoisotopic (exact) mass is 459 g/mol. The van der Waals surface area contributed by atoms with Gasteiger partial charge in [0.2, 0.25) is 5.91 Å². The standard InChI is InChI=1S/C23H21N7O2S/c24-10-17-11-27-30-13-16(9-20(23(17)30)33-21-3-1-2-6-25-21)18-12-26-29(14-18)19-4-7-28(8-5-19)22(32)15-31/h1-3,6,9,11-14,19,31H,4-5,7-8,15H2. The highest BCUT2D eigenvalue weighted by molar-refractivity contribution is 7.99. The minimum absolute atomic E-state index is 0.197. The SMILES string of the molecule is N#Cc1cnn2cc(-c3cnn(C4CCN(C(=O)CO)CC4)c3)cc(Sc3ccccn3)c12. The van der Waals surface area contributed by atoms with Crippen LogP contribution in [0.1, 0.15) is 24.4 Å². The number of aliphatic hydroxyl groups excluding tert-OH is 1. The fraction of sp³-hybridized carbons (Fsp3) is 0.261. The van der Waals surface area contributed by atoms with Crippen molar-refractivity contribution in [2.45, 2.75) is 28.8 Å². The van der Waals surface area contributed by atoms with Crippen LogP contribution < -0.4 is 0 Å². The number of rotatable bonds is 5. The minimum atomic E-state index is -0.446. The van der Waals surface area contributed by atoms with E-state index in [1.165, 1.54) is 11.8 Å². The third kappa shape index (κ3) is 4.20. The first-order valence-electron chi connectivity index (χ1n) is 10.6. The minimum Gasteiger partial charge on any atom is -0.387 e. The van der Waals surface area contributed by atoms with E-state index in [4.69, 9.17) is 5.11 Å². The normalized spacial score (nSPS) is 14.5. The van der Waals surface area contributed by atoms with Crippen LogP contribution in [0.3, 0.4) is 0 Å². The molecule has 0 unspecified atom stereocenters. The predicted molar refractivity (Wildman–Crippen MR) is 121 cm³/mol. The smallest absolute Gasteiger partial charge is 0.248 e. The summed E-state index contributed by atoms with van der Waals surface area (Å²) >= 11 is 1.49. The second-order valence-corrected chi connectivity index (χ2v) is 8.87. The highest BCUT2D eigenvalue weighted by Gasteiger charge is 2.24. The number of pyridine rings is 2. The van der Waals surface area contributed by atoms with Crippen molar-refractivity contribution in [3.8, 4) is 17.2 Å². The van der Waals surface area contributed by atoms with Crippen molar-refractivity contribution in [1.29, 1.82) is 5.26 Å². The number of nitrogens with zero attached hydrogens (tertiary/aromatic N) is 7. The summed E-state index contributed by atoms with van der Waals surface area (Å²) in [6, 6.07) is 10.2. The van der Waals surface area contributed by atoms with Crippen molar-refractivity contribution in [3.63, 3.8) is 0 Å². The maximum atomic E-state index is 11.7. The van der Waals surface area contributed by atoms with Gasteiger partial charge in [-0.05, 0) is 31.0 Å². The summed E-state index contributed by atoms with van der Waals surface area (Å²) in [5, 5.41) is 28.4. The number of carbonyl (C=O) groups excluding carboxylic acids is 1. The van der Waals surface area contributed by atoms with E-state index in [-0.39, 0.29) is 11.9 Å². The van der Waals surface area contributed by atoms with E-state index in [1.807, 2.05) is 47.5 Å². The average molecular weight is 460 g/mol. The second kappa shape index (κ2) is 9.05. The van der Waals surface area contributed by atoms with Crippen LogP contribution >= 0.6 is 11.8 Å². The Labute approximate surface area is 194 Å². The molecule has 0 aromatic carbocycles. The number of carbonyl (C=O) groups is 1. The van der Waals surface area contributed by atoms with E-state index in [0.29, 0.717) is 18.7 Å². The Bertz CT molecular complexity index is 1330. The summed E-state index contributed by atoms with van der Waals surface area (Å²) in [4.78, 5) is 18.7. The van der Waals surface area contributed by atoms with Gasteiger partial charge in [-0.1, -0.05) is 17.8 Å². The molecule has 0 radical (unpaired) electrons. The van der Waals surface area contributed by atoms with Gasteiger partial charge in [0, 0.05) is 47.7 Å². The van der Waals surface area contributed by atoms with Gasteiger partial charge in [0.05, 0.1) is 29.5 Å². The number of hydrogen-bond donors (Lipinski definition) is 1. The summed E-state index contributed by atoms with van der Waals surface area (Å²) in [6.07, 6.45) is 10.6. The molecular formula is C23H21N7O2S. The molecule has 1 saturated heterocycles. The van der Waals surface area contributed by atoms with Gasteiger partial charge >= 0.3 is 0 Å². The summed E-state index contributed by atoms with van der Waals surface area (Å²) in [5.41, 5.74) is 3.15. The average Bonchev–Trinajstić information content (AvgIpc) is 3.52. The second-order valence-electron chi connectivity index (χ2n) is 7.81. The molecule has 10 heteroatoms. The zero-order chi connectivity index (χ0) is 22.8. The molecule has 0 spiro atoms. The fourth-order valence-corrected chi connectivity index (χ4v) is 5.06. The topological polar surface area (TPSA) is 112 Å². The van der Waals surface area contributed by atoms with Gasteiger partial charge in [0.1, 0.15) is 17.7 Å². The fourth-order valence-electron chi connectivity index (χ4n) is 4.09. The van der Waals surface area contributed by atoms with E-state index in [2.05, 4.69) is 21.3 Å². The zero-order valence-electron chi connectivity index (χ0n) is 17.7. The van der Waals surface area contributed by atoms with Gasteiger partial charge in [-0.25, -0.2) is 9.50 Å². The quantitative estimate of drug-likeness (QED) is 0.488. The van der Waals surface area contributed by atoms with E-state index >= 15 is 0 Å². The summed E-state index contributed by atoms with van der Waals surface area (Å²) in [6.45, 7) is 0.777. The molecule has 9 nitrogen and oxygen atoms in total. The van der Waals surface area contributed by atoms with Crippen molar-refractivity contribution in [3.05, 3.63) is 60.8 Å². The molecule has 4 aromatic rings. The van der Waals surface area contributed by atoms with Gasteiger partial charge in [-0.15, -0.1) is 0 Å². The van der Waals surface area contributed by atoms with E-state index < -0.39 is 6.61 Å². The largest absolute Gasteiger partial charge is 0.387 e. The first kappa shape index (κ1) is 21.2. The lowest BCUT2D eigenvalue weighted by atomic mass is 10.1. The molecule has 1 N–H and O–H groups in total. The number of piperidine rings is 1. The van der Waals surface area contributed by atoms with Crippen LogP contribution in [0.4, 0.5) is 0 Å². The molecule has 5 heterocycles. The Morgan fingerprint density at radius 1 is 1.18 bits per heavy atom. The summed E-state index contributed by atoms with van der Waals surface area (Å²) in [7, 11) is 0. The molecule has 1 fully saturated rings. The van der Waals surface area contributed by atoms with Crippen LogP contribution in [0.2, 0.25) is 0 Å². The highest BCUT2D eigenvalue weighted by atomic mass is 32.2. The molecule has 0 saturated carbocycles. The maximum absolute atomic E-state index is 11.7. The van der Waals surface area contributed by atoms with Crippen LogP contribution in [-0.2, 0) is 4.79 Å². The Morgan fingerprint density at radius 3 is 2.76 bits per heavy atom. The van der Waals surface area contributed by atoms with Gasteiger partial charge in [0.15, 0.2) is 0 Å². The van der Waals surface area contributed by atoms with Gasteiger partial charge in [-0.3, -0.25) is 9.48 Å². The Morgan fingerprint density at radius 2 is 2.03 bits per heavy atom. The number of aliphatic hydroxyl groups is 1. The van der Waals surface area contributed by atoms with E-state index in [9.17, 15) is 10.1 Å². The predicted octanol–water partition coefficient (Wildman–Crippen LogP) is 2.77. The van der Waals surface area contributed by atoms with Gasteiger partial charge in [-0.2, -0.15) is 15.5 Å². The summed E-state index contributed by atoms with van der Waals surface area (Å²) < 4.78 is 3.69. The third-order valence-corrected chi connectivity index (χ3v) is 6.79. The van der Waals surface area contributed by atoms with E-state index in [0.717, 1.165) is 39.4 Å². The van der Waals surface area contributed by atoms with Crippen molar-refractivity contribution in [2.75, 3.05) is 19.7 Å². The molecular weight excluding hydrogens is 438 g/mol. The van der Waals surface area contributed by atoms with Crippen LogP contribution in [0, 0.1) is 11.3 Å². The number of fused-ring (bicyclic) bond motifs is 1. The third-order valence-electron chi connectivity index (χ3n) is 5.81. The molecule has 5 rings (SSSR count). The Kier molecular flexibility index (Phi) is 5.81. The number of likely N-dealkylation sites (tertiary alicyclic amines) is 1. The number of aromatic nitrogens is 5. The number of hydrogen-bond acceptors (Lipinski definition) is 7. The first-order chi connectivity index (χ1) is 16.2. The van der Waals surface area contributed by atoms with Gasteiger partial charge < -0.3 is 10.0 Å². The van der Waals surface area contributed by atoms with Crippen molar-refractivity contribution < 1.29 is 9.90 Å². The molecule has 166 valence electrons. The Balaban J connectivity index is 1.44. The lowest BCUT2D eigenvalue weighted by Crippen LogP contribution is -2.40. The first-order valence-corrected chi connectivity index (χ1v) is 11.4. The van der Waals surface area contributed by atoms with Crippen molar-refractivity contribution in [2.24, 2.45) is 0 Å². The molecule has 1 aliphatic rings. The molecule has 1 amide bonds. The Hall–Kier alpha value is -3.68. The molecule has 0 bridgehead atoms. The number of nitriles is 1. The van der Waals surface area contributed by atoms with Crippen LogP contribution in [0.25, 0.3) is 16.6 Å².